The third-order valence-corrected chi connectivity index (χ3v) is 7.73. The van der Waals surface area contributed by atoms with Gasteiger partial charge in [0.15, 0.2) is 0 Å². The van der Waals surface area contributed by atoms with Crippen LogP contribution in [0.15, 0.2) is 34.3 Å². The van der Waals surface area contributed by atoms with Crippen LogP contribution in [0.25, 0.3) is 10.4 Å². The lowest BCUT2D eigenvalue weighted by Crippen LogP contribution is -2.30. The number of hydrogen-bond donors (Lipinski definition) is 5. The highest BCUT2D eigenvalue weighted by Gasteiger charge is 2.44. The van der Waals surface area contributed by atoms with Crippen molar-refractivity contribution in [2.75, 3.05) is 18.9 Å². The lowest BCUT2D eigenvalue weighted by atomic mass is 10.2. The summed E-state index contributed by atoms with van der Waals surface area (Å²) in [6.07, 6.45) is -0.638. The Morgan fingerprint density at radius 1 is 1.31 bits per heavy atom. The summed E-state index contributed by atoms with van der Waals surface area (Å²) in [5, 5.41) is 3.18. The average Bonchev–Trinajstić information content (AvgIpc) is 3.09. The van der Waals surface area contributed by atoms with E-state index in [0.717, 1.165) is 10.6 Å². The molecule has 0 saturated carbocycles. The Morgan fingerprint density at radius 2 is 2.00 bits per heavy atom. The highest BCUT2D eigenvalue weighted by atomic mass is 31.3. The molecule has 0 amide bonds. The number of carbonyl (C=O) groups is 1. The molecule has 1 aliphatic heterocycles. The number of nitrogen functional groups attached to an aromatic ring is 1. The molecule has 0 radical (unpaired) electrons. The van der Waals surface area contributed by atoms with Crippen LogP contribution < -0.4 is 11.4 Å². The van der Waals surface area contributed by atoms with E-state index >= 15 is 0 Å². The van der Waals surface area contributed by atoms with Crippen LogP contribution in [-0.2, 0) is 41.1 Å². The Labute approximate surface area is 200 Å². The van der Waals surface area contributed by atoms with Crippen molar-refractivity contribution in [1.29, 1.82) is 0 Å². The number of esters is 1. The molecule has 0 spiro atoms. The molecule has 0 aromatic carbocycles. The first-order chi connectivity index (χ1) is 16.6. The number of carbonyl (C=O) groups excluding carboxylic acids is 1. The summed E-state index contributed by atoms with van der Waals surface area (Å²) in [6.45, 7) is -1.12. The van der Waals surface area contributed by atoms with E-state index in [1.165, 1.54) is 18.3 Å². The molecule has 1 aliphatic rings. The summed E-state index contributed by atoms with van der Waals surface area (Å²) < 4.78 is 57.6. The zero-order valence-corrected chi connectivity index (χ0v) is 20.4. The molecule has 20 nitrogen and oxygen atoms in total. The van der Waals surface area contributed by atoms with Gasteiger partial charge in [-0.3, -0.25) is 9.09 Å². The molecular weight excluding hydrogens is 557 g/mol. The van der Waals surface area contributed by atoms with Gasteiger partial charge in [-0.2, -0.15) is 13.6 Å². The Kier molecular flexibility index (Phi) is 10.1. The summed E-state index contributed by atoms with van der Waals surface area (Å²) >= 11 is 0. The fraction of sp³-hybridized carbons (Fsp3) is 0.462. The van der Waals surface area contributed by atoms with Crippen molar-refractivity contribution in [2.45, 2.75) is 24.9 Å². The fourth-order valence-corrected chi connectivity index (χ4v) is 5.71. The lowest BCUT2D eigenvalue weighted by molar-refractivity contribution is -0.146. The Balaban J connectivity index is 2.16. The molecule has 200 valence electrons. The van der Waals surface area contributed by atoms with Crippen molar-refractivity contribution in [3.63, 3.8) is 0 Å². The van der Waals surface area contributed by atoms with Gasteiger partial charge >= 0.3 is 35.1 Å². The van der Waals surface area contributed by atoms with Crippen molar-refractivity contribution in [3.05, 3.63) is 45.3 Å². The summed E-state index contributed by atoms with van der Waals surface area (Å²) in [6, 6.07) is 1.27. The number of rotatable bonds is 12. The molecule has 1 saturated heterocycles. The van der Waals surface area contributed by atoms with Crippen LogP contribution in [0.5, 0.6) is 0 Å². The number of nitrogens with zero attached hydrogens (tertiary/aromatic N) is 5. The third kappa shape index (κ3) is 9.91. The number of anilines is 1. The van der Waals surface area contributed by atoms with Gasteiger partial charge in [-0.05, 0) is 11.6 Å². The normalized spacial score (nSPS) is 23.5. The maximum atomic E-state index is 12.1. The van der Waals surface area contributed by atoms with Crippen LogP contribution in [-0.4, -0.2) is 60.5 Å². The summed E-state index contributed by atoms with van der Waals surface area (Å²) in [4.78, 5) is 66.2. The first-order valence-electron chi connectivity index (χ1n) is 9.27. The van der Waals surface area contributed by atoms with E-state index in [1.807, 2.05) is 0 Å². The van der Waals surface area contributed by atoms with Gasteiger partial charge in [0, 0.05) is 30.2 Å². The van der Waals surface area contributed by atoms with Gasteiger partial charge in [-0.25, -0.2) is 23.3 Å². The molecule has 5 atom stereocenters. The summed E-state index contributed by atoms with van der Waals surface area (Å²) in [5.41, 5.74) is 12.8. The minimum Gasteiger partial charge on any atom is -0.456 e. The van der Waals surface area contributed by atoms with Gasteiger partial charge in [-0.1, -0.05) is 11.2 Å². The van der Waals surface area contributed by atoms with Crippen LogP contribution in [0.3, 0.4) is 0 Å². The van der Waals surface area contributed by atoms with E-state index in [1.54, 1.807) is 0 Å². The van der Waals surface area contributed by atoms with Crippen LogP contribution in [0, 0.1) is 0 Å². The zero-order valence-electron chi connectivity index (χ0n) is 17.7. The van der Waals surface area contributed by atoms with Crippen molar-refractivity contribution < 1.29 is 60.7 Å². The molecule has 2 heterocycles. The number of phosphoric acid groups is 3. The molecule has 2 rings (SSSR count). The van der Waals surface area contributed by atoms with E-state index < -0.39 is 60.2 Å². The standard InChI is InChI=1S/C13H19N6O14P3/c14-10-3-5-19(13(21)17-10)11-6-8(31-12(20)2-1-4-16-18-15)9(30-11)7-29-35(25,26)33-36(27,28)32-34(22,23)24/h1-3,5,8-9,11H,4,6-7H2,(H,25,26)(H,27,28)(H2,14,17,21)(H2,22,23,24)/b2-1+/t8?,9-,11-/m1/s1. The molecule has 23 heteroatoms. The highest BCUT2D eigenvalue weighted by Crippen LogP contribution is 2.66. The van der Waals surface area contributed by atoms with Crippen LogP contribution in [0.1, 0.15) is 12.6 Å². The topological polar surface area (TPSA) is 305 Å². The van der Waals surface area contributed by atoms with Gasteiger partial charge in [0.05, 0.1) is 6.61 Å². The predicted molar refractivity (Wildman–Crippen MR) is 114 cm³/mol. The summed E-state index contributed by atoms with van der Waals surface area (Å²) in [7, 11) is -16.9. The number of aromatic nitrogens is 2. The predicted octanol–water partition coefficient (Wildman–Crippen LogP) is 0.235. The van der Waals surface area contributed by atoms with Gasteiger partial charge in [-0.15, -0.1) is 0 Å². The molecule has 3 unspecified atom stereocenters. The van der Waals surface area contributed by atoms with E-state index in [9.17, 15) is 33.1 Å². The lowest BCUT2D eigenvalue weighted by Gasteiger charge is -2.20. The van der Waals surface area contributed by atoms with E-state index in [-0.39, 0.29) is 18.8 Å². The second-order valence-corrected chi connectivity index (χ2v) is 11.0. The first kappa shape index (κ1) is 29.8. The molecule has 1 aromatic rings. The second kappa shape index (κ2) is 12.2. The molecular formula is C13H19N6O14P3. The molecule has 36 heavy (non-hydrogen) atoms. The monoisotopic (exact) mass is 576 g/mol. The average molecular weight is 576 g/mol. The Bertz CT molecular complexity index is 1240. The fourth-order valence-electron chi connectivity index (χ4n) is 2.68. The maximum Gasteiger partial charge on any atom is 0.490 e. The van der Waals surface area contributed by atoms with E-state index in [2.05, 4.69) is 28.2 Å². The number of nitrogens with two attached hydrogens (primary N) is 1. The number of phosphoric ester groups is 1. The first-order valence-corrected chi connectivity index (χ1v) is 13.8. The minimum atomic E-state index is -5.76. The van der Waals surface area contributed by atoms with Gasteiger partial charge < -0.3 is 34.8 Å². The van der Waals surface area contributed by atoms with Gasteiger partial charge in [0.1, 0.15) is 24.3 Å². The van der Waals surface area contributed by atoms with Crippen molar-refractivity contribution >= 4 is 35.3 Å². The molecule has 6 N–H and O–H groups in total. The van der Waals surface area contributed by atoms with Crippen molar-refractivity contribution in [3.8, 4) is 0 Å². The van der Waals surface area contributed by atoms with Crippen molar-refractivity contribution in [2.24, 2.45) is 5.11 Å². The SMILES string of the molecule is [N-]=[N+]=NC/C=C/C(=O)OC1C[C@H](n2ccc(N)nc2=O)O[C@@H]1COP(=O)(O)OP(=O)(O)OP(=O)(O)O. The zero-order chi connectivity index (χ0) is 27.1. The van der Waals surface area contributed by atoms with E-state index in [0.29, 0.717) is 0 Å². The van der Waals surface area contributed by atoms with Gasteiger partial charge in [0.25, 0.3) is 0 Å². The van der Waals surface area contributed by atoms with Crippen LogP contribution >= 0.6 is 23.5 Å². The minimum absolute atomic E-state index is 0.0911. The highest BCUT2D eigenvalue weighted by molar-refractivity contribution is 7.66. The smallest absolute Gasteiger partial charge is 0.456 e. The largest absolute Gasteiger partial charge is 0.490 e. The van der Waals surface area contributed by atoms with Crippen LogP contribution in [0.4, 0.5) is 5.82 Å². The van der Waals surface area contributed by atoms with Crippen molar-refractivity contribution in [1.82, 2.24) is 9.55 Å². The molecule has 0 aliphatic carbocycles. The number of hydrogen-bond acceptors (Lipinski definition) is 13. The maximum absolute atomic E-state index is 12.1. The van der Waals surface area contributed by atoms with E-state index in [4.69, 9.17) is 30.5 Å². The molecule has 1 fully saturated rings. The Morgan fingerprint density at radius 3 is 2.61 bits per heavy atom. The summed E-state index contributed by atoms with van der Waals surface area (Å²) in [5.74, 6) is -1.05. The second-order valence-electron chi connectivity index (χ2n) is 6.59. The third-order valence-electron chi connectivity index (χ3n) is 3.93. The number of azide groups is 1. The quantitative estimate of drug-likeness (QED) is 0.0555. The van der Waals surface area contributed by atoms with Crippen LogP contribution in [0.2, 0.25) is 0 Å². The molecule has 1 aromatic heterocycles. The Hall–Kier alpha value is -2.43. The van der Waals surface area contributed by atoms with Gasteiger partial charge in [0.2, 0.25) is 0 Å². The number of ether oxygens (including phenoxy) is 2. The molecule has 0 bridgehead atoms.